The molecule has 2 aromatic carbocycles. The monoisotopic (exact) mass is 478 g/mol. The molecule has 0 bridgehead atoms. The number of phenols is 1. The van der Waals surface area contributed by atoms with Gasteiger partial charge in [0.2, 0.25) is 6.29 Å². The van der Waals surface area contributed by atoms with E-state index in [-0.39, 0.29) is 34.3 Å². The SMILES string of the molecule is COc1cc(C(=O)OCC2OC(Oc3ccc(C(C)=O)cc3OC)C(O)C(O)C2O)ccc1O. The van der Waals surface area contributed by atoms with Gasteiger partial charge in [0.25, 0.3) is 0 Å². The Morgan fingerprint density at radius 2 is 1.53 bits per heavy atom. The van der Waals surface area contributed by atoms with Crippen molar-refractivity contribution in [3.8, 4) is 23.0 Å². The summed E-state index contributed by atoms with van der Waals surface area (Å²) < 4.78 is 26.6. The van der Waals surface area contributed by atoms with Crippen molar-refractivity contribution in [3.63, 3.8) is 0 Å². The van der Waals surface area contributed by atoms with Crippen molar-refractivity contribution in [2.75, 3.05) is 20.8 Å². The number of hydrogen-bond acceptors (Lipinski definition) is 11. The first-order valence-corrected chi connectivity index (χ1v) is 10.3. The number of benzene rings is 2. The first-order chi connectivity index (χ1) is 16.2. The van der Waals surface area contributed by atoms with Crippen molar-refractivity contribution >= 4 is 11.8 Å². The van der Waals surface area contributed by atoms with Gasteiger partial charge in [-0.05, 0) is 43.3 Å². The van der Waals surface area contributed by atoms with Crippen LogP contribution in [0.1, 0.15) is 27.6 Å². The van der Waals surface area contributed by atoms with Gasteiger partial charge in [0.05, 0.1) is 19.8 Å². The van der Waals surface area contributed by atoms with E-state index < -0.39 is 43.3 Å². The Hall–Kier alpha value is -3.38. The minimum Gasteiger partial charge on any atom is -0.504 e. The van der Waals surface area contributed by atoms with Crippen molar-refractivity contribution in [1.29, 1.82) is 0 Å². The van der Waals surface area contributed by atoms with Gasteiger partial charge >= 0.3 is 5.97 Å². The van der Waals surface area contributed by atoms with Gasteiger partial charge in [-0.2, -0.15) is 0 Å². The minimum atomic E-state index is -1.67. The Morgan fingerprint density at radius 3 is 2.18 bits per heavy atom. The number of phenolic OH excluding ortho intramolecular Hbond substituents is 1. The lowest BCUT2D eigenvalue weighted by Crippen LogP contribution is -2.60. The predicted octanol–water partition coefficient (Wildman–Crippen LogP) is 0.655. The fraction of sp³-hybridized carbons (Fsp3) is 0.391. The van der Waals surface area contributed by atoms with Crippen LogP contribution in [0.5, 0.6) is 23.0 Å². The maximum atomic E-state index is 12.4. The van der Waals surface area contributed by atoms with Gasteiger partial charge in [0.15, 0.2) is 28.8 Å². The number of carbonyl (C=O) groups excluding carboxylic acids is 2. The summed E-state index contributed by atoms with van der Waals surface area (Å²) in [5.74, 6) is -0.770. The summed E-state index contributed by atoms with van der Waals surface area (Å²) in [5.41, 5.74) is 0.448. The van der Waals surface area contributed by atoms with Gasteiger partial charge < -0.3 is 44.1 Å². The zero-order valence-electron chi connectivity index (χ0n) is 18.7. The number of carbonyl (C=O) groups is 2. The first-order valence-electron chi connectivity index (χ1n) is 10.3. The molecule has 0 saturated carbocycles. The maximum absolute atomic E-state index is 12.4. The van der Waals surface area contributed by atoms with E-state index in [1.54, 1.807) is 0 Å². The highest BCUT2D eigenvalue weighted by Crippen LogP contribution is 2.32. The molecule has 11 nitrogen and oxygen atoms in total. The lowest BCUT2D eigenvalue weighted by Gasteiger charge is -2.40. The van der Waals surface area contributed by atoms with Gasteiger partial charge in [-0.1, -0.05) is 0 Å². The molecule has 1 aliphatic heterocycles. The van der Waals surface area contributed by atoms with Crippen LogP contribution in [0.2, 0.25) is 0 Å². The quantitative estimate of drug-likeness (QED) is 0.311. The molecule has 1 fully saturated rings. The number of aliphatic hydroxyl groups is 3. The van der Waals surface area contributed by atoms with Crippen LogP contribution in [0.4, 0.5) is 0 Å². The van der Waals surface area contributed by atoms with E-state index in [4.69, 9.17) is 23.7 Å². The van der Waals surface area contributed by atoms with E-state index in [2.05, 4.69) is 0 Å². The average molecular weight is 478 g/mol. The lowest BCUT2D eigenvalue weighted by molar-refractivity contribution is -0.277. The summed E-state index contributed by atoms with van der Waals surface area (Å²) in [6.07, 6.45) is -7.58. The van der Waals surface area contributed by atoms with Crippen LogP contribution in [0, 0.1) is 0 Å². The number of esters is 1. The Morgan fingerprint density at radius 1 is 0.882 bits per heavy atom. The molecule has 0 aromatic heterocycles. The normalized spacial score (nSPS) is 24.2. The highest BCUT2D eigenvalue weighted by Gasteiger charge is 2.45. The van der Waals surface area contributed by atoms with Crippen LogP contribution in [0.15, 0.2) is 36.4 Å². The number of ketones is 1. The molecule has 184 valence electrons. The summed E-state index contributed by atoms with van der Waals surface area (Å²) in [7, 11) is 2.69. The van der Waals surface area contributed by atoms with Gasteiger partial charge in [0.1, 0.15) is 31.0 Å². The van der Waals surface area contributed by atoms with Crippen LogP contribution in [0.3, 0.4) is 0 Å². The molecule has 0 spiro atoms. The Labute approximate surface area is 195 Å². The van der Waals surface area contributed by atoms with E-state index in [1.807, 2.05) is 0 Å². The molecule has 0 amide bonds. The second kappa shape index (κ2) is 10.7. The summed E-state index contributed by atoms with van der Waals surface area (Å²) in [6, 6.07) is 8.23. The predicted molar refractivity (Wildman–Crippen MR) is 115 cm³/mol. The summed E-state index contributed by atoms with van der Waals surface area (Å²) in [6.45, 7) is 0.911. The van der Waals surface area contributed by atoms with E-state index >= 15 is 0 Å². The Kier molecular flexibility index (Phi) is 7.94. The molecular weight excluding hydrogens is 452 g/mol. The second-order valence-corrected chi connectivity index (χ2v) is 7.54. The Balaban J connectivity index is 1.71. The number of ether oxygens (including phenoxy) is 5. The molecule has 0 aliphatic carbocycles. The minimum absolute atomic E-state index is 0.0696. The van der Waals surface area contributed by atoms with E-state index in [0.29, 0.717) is 5.56 Å². The largest absolute Gasteiger partial charge is 0.504 e. The summed E-state index contributed by atoms with van der Waals surface area (Å²) in [4.78, 5) is 24.0. The first kappa shape index (κ1) is 25.2. The molecule has 5 atom stereocenters. The number of Topliss-reactive ketones (excluding diaryl/α,β-unsaturated/α-hetero) is 1. The number of aliphatic hydroxyl groups excluding tert-OH is 3. The molecule has 4 N–H and O–H groups in total. The molecule has 1 heterocycles. The van der Waals surface area contributed by atoms with Gasteiger partial charge in [-0.15, -0.1) is 0 Å². The standard InChI is InChI=1S/C23H26O11/c1-11(24)12-5-7-15(17(8-12)31-3)33-23-21(28)20(27)19(26)18(34-23)10-32-22(29)13-4-6-14(25)16(9-13)30-2/h4-9,18-21,23,25-28H,10H2,1-3H3. The van der Waals surface area contributed by atoms with Crippen molar-refractivity contribution in [2.24, 2.45) is 0 Å². The Bertz CT molecular complexity index is 1040. The molecule has 0 radical (unpaired) electrons. The van der Waals surface area contributed by atoms with Gasteiger partial charge in [-0.3, -0.25) is 4.79 Å². The van der Waals surface area contributed by atoms with Crippen molar-refractivity contribution in [3.05, 3.63) is 47.5 Å². The van der Waals surface area contributed by atoms with Crippen molar-refractivity contribution < 1.29 is 53.7 Å². The zero-order chi connectivity index (χ0) is 25.0. The van der Waals surface area contributed by atoms with Crippen LogP contribution in [-0.4, -0.2) is 83.7 Å². The fourth-order valence-corrected chi connectivity index (χ4v) is 3.31. The molecule has 11 heteroatoms. The third-order valence-electron chi connectivity index (χ3n) is 5.28. The third kappa shape index (κ3) is 5.39. The molecule has 34 heavy (non-hydrogen) atoms. The average Bonchev–Trinajstić information content (AvgIpc) is 2.83. The number of hydrogen-bond donors (Lipinski definition) is 4. The summed E-state index contributed by atoms with van der Waals surface area (Å²) in [5, 5.41) is 40.5. The van der Waals surface area contributed by atoms with Gasteiger partial charge in [0, 0.05) is 5.56 Å². The van der Waals surface area contributed by atoms with Crippen molar-refractivity contribution in [1.82, 2.24) is 0 Å². The number of methoxy groups -OCH3 is 2. The van der Waals surface area contributed by atoms with Crippen LogP contribution < -0.4 is 14.2 Å². The van der Waals surface area contributed by atoms with Crippen molar-refractivity contribution in [2.45, 2.75) is 37.6 Å². The van der Waals surface area contributed by atoms with E-state index in [9.17, 15) is 30.0 Å². The lowest BCUT2D eigenvalue weighted by atomic mass is 9.99. The molecule has 1 saturated heterocycles. The van der Waals surface area contributed by atoms with E-state index in [1.165, 1.54) is 57.5 Å². The fourth-order valence-electron chi connectivity index (χ4n) is 3.31. The van der Waals surface area contributed by atoms with Crippen LogP contribution in [-0.2, 0) is 9.47 Å². The number of aromatic hydroxyl groups is 1. The molecule has 2 aromatic rings. The van der Waals surface area contributed by atoms with Crippen LogP contribution >= 0.6 is 0 Å². The second-order valence-electron chi connectivity index (χ2n) is 7.54. The molecular formula is C23H26O11. The van der Waals surface area contributed by atoms with E-state index in [0.717, 1.165) is 0 Å². The highest BCUT2D eigenvalue weighted by molar-refractivity contribution is 5.94. The topological polar surface area (TPSA) is 161 Å². The molecule has 3 rings (SSSR count). The van der Waals surface area contributed by atoms with Gasteiger partial charge in [-0.25, -0.2) is 4.79 Å². The molecule has 5 unspecified atom stereocenters. The maximum Gasteiger partial charge on any atom is 0.338 e. The zero-order valence-corrected chi connectivity index (χ0v) is 18.7. The number of rotatable bonds is 8. The smallest absolute Gasteiger partial charge is 0.338 e. The highest BCUT2D eigenvalue weighted by atomic mass is 16.7. The van der Waals surface area contributed by atoms with Crippen LogP contribution in [0.25, 0.3) is 0 Å². The molecule has 1 aliphatic rings. The summed E-state index contributed by atoms with van der Waals surface area (Å²) >= 11 is 0. The third-order valence-corrected chi connectivity index (χ3v) is 5.28.